The van der Waals surface area contributed by atoms with Crippen LogP contribution >= 0.6 is 55.7 Å². The molecule has 0 saturated carbocycles. The van der Waals surface area contributed by atoms with Crippen LogP contribution in [0, 0.1) is 4.77 Å². The standard InChI is InChI=1S/C12H6Br2ClN3S/c13-6-4-8-11(16-5-6)18(12(19)17-8)9-3-1-2-7(15)10(9)14/h1-5H,(H,17,19). The third-order valence-electron chi connectivity index (χ3n) is 2.66. The minimum atomic E-state index is 0.573. The Morgan fingerprint density at radius 2 is 2.11 bits per heavy atom. The Balaban J connectivity index is 2.40. The number of hydrogen-bond acceptors (Lipinski definition) is 2. The molecule has 96 valence electrons. The molecular formula is C12H6Br2ClN3S. The van der Waals surface area contributed by atoms with Gasteiger partial charge in [0.05, 0.1) is 20.7 Å². The molecule has 0 aliphatic heterocycles. The van der Waals surface area contributed by atoms with Gasteiger partial charge in [0.25, 0.3) is 0 Å². The molecule has 2 heterocycles. The van der Waals surface area contributed by atoms with Gasteiger partial charge in [-0.05, 0) is 62.3 Å². The highest BCUT2D eigenvalue weighted by Crippen LogP contribution is 2.31. The van der Waals surface area contributed by atoms with Gasteiger partial charge in [0.2, 0.25) is 0 Å². The number of nitrogens with one attached hydrogen (secondary N) is 1. The topological polar surface area (TPSA) is 33.6 Å². The molecule has 1 N–H and O–H groups in total. The fourth-order valence-corrected chi connectivity index (χ4v) is 3.10. The zero-order valence-corrected chi connectivity index (χ0v) is 14.1. The predicted octanol–water partition coefficient (Wildman–Crippen LogP) is 5.26. The molecule has 0 fully saturated rings. The van der Waals surface area contributed by atoms with E-state index in [1.165, 1.54) is 0 Å². The predicted molar refractivity (Wildman–Crippen MR) is 86.7 cm³/mol. The van der Waals surface area contributed by atoms with Crippen LogP contribution in [0.15, 0.2) is 39.4 Å². The molecule has 0 atom stereocenters. The van der Waals surface area contributed by atoms with Crippen LogP contribution in [0.5, 0.6) is 0 Å². The lowest BCUT2D eigenvalue weighted by molar-refractivity contribution is 1.04. The zero-order valence-electron chi connectivity index (χ0n) is 9.32. The van der Waals surface area contributed by atoms with Crippen molar-refractivity contribution in [1.82, 2.24) is 14.5 Å². The van der Waals surface area contributed by atoms with Crippen LogP contribution in [0.3, 0.4) is 0 Å². The van der Waals surface area contributed by atoms with Crippen LogP contribution in [0.1, 0.15) is 0 Å². The maximum Gasteiger partial charge on any atom is 0.184 e. The minimum absolute atomic E-state index is 0.573. The van der Waals surface area contributed by atoms with Crippen molar-refractivity contribution in [3.8, 4) is 5.69 Å². The summed E-state index contributed by atoms with van der Waals surface area (Å²) in [6.07, 6.45) is 1.74. The summed E-state index contributed by atoms with van der Waals surface area (Å²) in [6.45, 7) is 0. The summed E-state index contributed by atoms with van der Waals surface area (Å²) in [5, 5.41) is 0.630. The number of imidazole rings is 1. The molecule has 0 amide bonds. The number of aromatic nitrogens is 3. The van der Waals surface area contributed by atoms with Gasteiger partial charge in [-0.1, -0.05) is 17.7 Å². The van der Waals surface area contributed by atoms with Crippen LogP contribution in [-0.2, 0) is 0 Å². The normalized spacial score (nSPS) is 11.1. The fourth-order valence-electron chi connectivity index (χ4n) is 1.86. The van der Waals surface area contributed by atoms with Gasteiger partial charge in [-0.25, -0.2) is 4.98 Å². The molecule has 19 heavy (non-hydrogen) atoms. The molecule has 0 aliphatic carbocycles. The van der Waals surface area contributed by atoms with Gasteiger partial charge in [0.15, 0.2) is 10.4 Å². The first-order valence-electron chi connectivity index (χ1n) is 5.28. The van der Waals surface area contributed by atoms with Crippen molar-refractivity contribution in [2.75, 3.05) is 0 Å². The van der Waals surface area contributed by atoms with Crippen molar-refractivity contribution in [2.45, 2.75) is 0 Å². The smallest absolute Gasteiger partial charge is 0.184 e. The molecule has 0 aliphatic rings. The summed E-state index contributed by atoms with van der Waals surface area (Å²) in [6, 6.07) is 7.56. The van der Waals surface area contributed by atoms with Crippen LogP contribution in [0.4, 0.5) is 0 Å². The molecular weight excluding hydrogens is 413 g/mol. The average molecular weight is 420 g/mol. The molecule has 0 saturated heterocycles. The Bertz CT molecular complexity index is 841. The van der Waals surface area contributed by atoms with Crippen molar-refractivity contribution in [1.29, 1.82) is 0 Å². The van der Waals surface area contributed by atoms with Crippen molar-refractivity contribution in [2.24, 2.45) is 0 Å². The number of rotatable bonds is 1. The number of H-pyrrole nitrogens is 1. The lowest BCUT2D eigenvalue weighted by atomic mass is 10.3. The number of aromatic amines is 1. The van der Waals surface area contributed by atoms with E-state index in [4.69, 9.17) is 23.8 Å². The van der Waals surface area contributed by atoms with Crippen molar-refractivity contribution in [3.63, 3.8) is 0 Å². The lowest BCUT2D eigenvalue weighted by Gasteiger charge is -2.07. The fraction of sp³-hybridized carbons (Fsp3) is 0. The highest BCUT2D eigenvalue weighted by atomic mass is 79.9. The molecule has 0 bridgehead atoms. The van der Waals surface area contributed by atoms with E-state index >= 15 is 0 Å². The first-order chi connectivity index (χ1) is 9.08. The SMILES string of the molecule is S=c1[nH]c2cc(Br)cnc2n1-c1cccc(Cl)c1Br. The van der Waals surface area contributed by atoms with Gasteiger partial charge in [0.1, 0.15) is 0 Å². The largest absolute Gasteiger partial charge is 0.329 e. The quantitative estimate of drug-likeness (QED) is 0.546. The van der Waals surface area contributed by atoms with E-state index in [-0.39, 0.29) is 0 Å². The van der Waals surface area contributed by atoms with E-state index < -0.39 is 0 Å². The lowest BCUT2D eigenvalue weighted by Crippen LogP contribution is -1.97. The second-order valence-electron chi connectivity index (χ2n) is 3.86. The van der Waals surface area contributed by atoms with Gasteiger partial charge < -0.3 is 4.98 Å². The first-order valence-corrected chi connectivity index (χ1v) is 7.66. The number of hydrogen-bond donors (Lipinski definition) is 1. The summed E-state index contributed by atoms with van der Waals surface area (Å²) < 4.78 is 4.11. The van der Waals surface area contributed by atoms with E-state index in [2.05, 4.69) is 41.8 Å². The van der Waals surface area contributed by atoms with Gasteiger partial charge >= 0.3 is 0 Å². The summed E-state index contributed by atoms with van der Waals surface area (Å²) in [5.41, 5.74) is 2.49. The second kappa shape index (κ2) is 5.01. The van der Waals surface area contributed by atoms with E-state index in [9.17, 15) is 0 Å². The monoisotopic (exact) mass is 417 g/mol. The number of pyridine rings is 1. The number of nitrogens with zero attached hydrogens (tertiary/aromatic N) is 2. The highest BCUT2D eigenvalue weighted by Gasteiger charge is 2.12. The molecule has 2 aromatic heterocycles. The van der Waals surface area contributed by atoms with E-state index in [0.717, 1.165) is 25.8 Å². The first kappa shape index (κ1) is 13.3. The Morgan fingerprint density at radius 1 is 1.32 bits per heavy atom. The summed E-state index contributed by atoms with van der Waals surface area (Å²) >= 11 is 18.4. The molecule has 0 unspecified atom stereocenters. The van der Waals surface area contributed by atoms with Gasteiger partial charge in [-0.3, -0.25) is 4.57 Å². The van der Waals surface area contributed by atoms with Crippen LogP contribution in [-0.4, -0.2) is 14.5 Å². The van der Waals surface area contributed by atoms with E-state index in [0.29, 0.717) is 9.79 Å². The van der Waals surface area contributed by atoms with E-state index in [1.807, 2.05) is 28.8 Å². The van der Waals surface area contributed by atoms with Crippen molar-refractivity contribution in [3.05, 3.63) is 49.2 Å². The zero-order chi connectivity index (χ0) is 13.6. The molecule has 3 rings (SSSR count). The Morgan fingerprint density at radius 3 is 2.89 bits per heavy atom. The molecule has 7 heteroatoms. The molecule has 3 aromatic rings. The van der Waals surface area contributed by atoms with Crippen molar-refractivity contribution >= 4 is 66.8 Å². The van der Waals surface area contributed by atoms with Crippen molar-refractivity contribution < 1.29 is 0 Å². The number of halogens is 3. The Kier molecular flexibility index (Phi) is 3.51. The summed E-state index contributed by atoms with van der Waals surface area (Å²) in [4.78, 5) is 7.54. The average Bonchev–Trinajstić information content (AvgIpc) is 2.68. The molecule has 3 nitrogen and oxygen atoms in total. The maximum absolute atomic E-state index is 6.13. The number of benzene rings is 1. The highest BCUT2D eigenvalue weighted by molar-refractivity contribution is 9.11. The second-order valence-corrected chi connectivity index (χ2v) is 6.37. The maximum atomic E-state index is 6.13. The minimum Gasteiger partial charge on any atom is -0.329 e. The third-order valence-corrected chi connectivity index (χ3v) is 4.76. The van der Waals surface area contributed by atoms with Crippen LogP contribution in [0.25, 0.3) is 16.9 Å². The van der Waals surface area contributed by atoms with Crippen LogP contribution < -0.4 is 0 Å². The van der Waals surface area contributed by atoms with E-state index in [1.54, 1.807) is 6.20 Å². The summed E-state index contributed by atoms with van der Waals surface area (Å²) in [7, 11) is 0. The van der Waals surface area contributed by atoms with Crippen LogP contribution in [0.2, 0.25) is 5.02 Å². The van der Waals surface area contributed by atoms with Gasteiger partial charge in [0, 0.05) is 10.7 Å². The number of fused-ring (bicyclic) bond motifs is 1. The van der Waals surface area contributed by atoms with Gasteiger partial charge in [-0.15, -0.1) is 0 Å². The Labute approximate surface area is 135 Å². The van der Waals surface area contributed by atoms with Gasteiger partial charge in [-0.2, -0.15) is 0 Å². The molecule has 0 spiro atoms. The molecule has 1 aromatic carbocycles. The molecule has 0 radical (unpaired) electrons. The Hall–Kier alpha value is -0.690. The third kappa shape index (κ3) is 2.27. The summed E-state index contributed by atoms with van der Waals surface area (Å²) in [5.74, 6) is 0.